The third-order valence-electron chi connectivity index (χ3n) is 4.21. The van der Waals surface area contributed by atoms with E-state index in [4.69, 9.17) is 0 Å². The van der Waals surface area contributed by atoms with E-state index in [0.717, 1.165) is 35.7 Å². The minimum Gasteiger partial charge on any atom is -0.344 e. The zero-order valence-electron chi connectivity index (χ0n) is 13.1. The second-order valence-corrected chi connectivity index (χ2v) is 6.96. The summed E-state index contributed by atoms with van der Waals surface area (Å²) in [5.74, 6) is 0.135. The number of carbonyl (C=O) groups is 2. The molecule has 1 atom stereocenters. The van der Waals surface area contributed by atoms with Gasteiger partial charge in [0.1, 0.15) is 6.04 Å². The molecule has 1 aromatic rings. The molecule has 0 spiro atoms. The molecule has 0 bridgehead atoms. The van der Waals surface area contributed by atoms with Crippen LogP contribution in [-0.4, -0.2) is 29.8 Å². The van der Waals surface area contributed by atoms with Crippen molar-refractivity contribution in [1.82, 2.24) is 10.2 Å². The first-order valence-corrected chi connectivity index (χ1v) is 8.53. The predicted octanol–water partition coefficient (Wildman–Crippen LogP) is 3.10. The van der Waals surface area contributed by atoms with Gasteiger partial charge in [0, 0.05) is 25.0 Å². The highest BCUT2D eigenvalue weighted by molar-refractivity contribution is 9.10. The van der Waals surface area contributed by atoms with Gasteiger partial charge in [0.2, 0.25) is 11.8 Å². The van der Waals surface area contributed by atoms with Gasteiger partial charge in [-0.3, -0.25) is 9.59 Å². The Bertz CT molecular complexity index is 524. The van der Waals surface area contributed by atoms with Gasteiger partial charge in [0.15, 0.2) is 0 Å². The molecule has 1 unspecified atom stereocenters. The van der Waals surface area contributed by atoms with Crippen molar-refractivity contribution < 1.29 is 9.59 Å². The van der Waals surface area contributed by atoms with E-state index in [0.29, 0.717) is 6.54 Å². The van der Waals surface area contributed by atoms with Crippen molar-refractivity contribution in [2.75, 3.05) is 7.05 Å². The smallest absolute Gasteiger partial charge is 0.245 e. The van der Waals surface area contributed by atoms with E-state index in [1.165, 1.54) is 6.92 Å². The lowest BCUT2D eigenvalue weighted by Gasteiger charge is -2.28. The van der Waals surface area contributed by atoms with Crippen LogP contribution in [0.5, 0.6) is 0 Å². The van der Waals surface area contributed by atoms with Gasteiger partial charge in [-0.15, -0.1) is 0 Å². The lowest BCUT2D eigenvalue weighted by atomic mass is 9.96. The maximum atomic E-state index is 12.7. The molecule has 0 saturated heterocycles. The topological polar surface area (TPSA) is 49.4 Å². The number of halogens is 1. The molecule has 0 radical (unpaired) electrons. The molecule has 22 heavy (non-hydrogen) atoms. The van der Waals surface area contributed by atoms with Crippen LogP contribution in [0.1, 0.15) is 38.2 Å². The Morgan fingerprint density at radius 3 is 2.41 bits per heavy atom. The summed E-state index contributed by atoms with van der Waals surface area (Å²) in [7, 11) is 1.80. The van der Waals surface area contributed by atoms with Gasteiger partial charge in [0.25, 0.3) is 0 Å². The number of nitrogens with one attached hydrogen (secondary N) is 1. The number of likely N-dealkylation sites (N-methyl/N-ethyl adjacent to an activating group) is 1. The Morgan fingerprint density at radius 1 is 1.27 bits per heavy atom. The van der Waals surface area contributed by atoms with Crippen LogP contribution >= 0.6 is 15.9 Å². The number of carbonyl (C=O) groups excluding carboxylic acids is 2. The third-order valence-corrected chi connectivity index (χ3v) is 4.73. The van der Waals surface area contributed by atoms with Crippen molar-refractivity contribution in [1.29, 1.82) is 0 Å². The quantitative estimate of drug-likeness (QED) is 0.870. The minimum absolute atomic E-state index is 0.00465. The highest BCUT2D eigenvalue weighted by Crippen LogP contribution is 2.28. The lowest BCUT2D eigenvalue weighted by Crippen LogP contribution is -2.50. The van der Waals surface area contributed by atoms with Gasteiger partial charge in [-0.2, -0.15) is 0 Å². The molecule has 1 aromatic carbocycles. The van der Waals surface area contributed by atoms with Crippen molar-refractivity contribution in [2.45, 2.75) is 45.2 Å². The summed E-state index contributed by atoms with van der Waals surface area (Å²) >= 11 is 3.41. The van der Waals surface area contributed by atoms with Gasteiger partial charge < -0.3 is 10.2 Å². The zero-order chi connectivity index (χ0) is 16.1. The molecule has 0 aromatic heterocycles. The van der Waals surface area contributed by atoms with Crippen molar-refractivity contribution >= 4 is 27.7 Å². The van der Waals surface area contributed by atoms with Gasteiger partial charge >= 0.3 is 0 Å². The van der Waals surface area contributed by atoms with Gasteiger partial charge in [-0.1, -0.05) is 40.9 Å². The minimum atomic E-state index is -0.388. The van der Waals surface area contributed by atoms with Crippen LogP contribution in [0.25, 0.3) is 0 Å². The summed E-state index contributed by atoms with van der Waals surface area (Å²) in [4.78, 5) is 25.9. The summed E-state index contributed by atoms with van der Waals surface area (Å²) in [5.41, 5.74) is 1.08. The summed E-state index contributed by atoms with van der Waals surface area (Å²) in [6.07, 6.45) is 4.32. The number of hydrogen-bond donors (Lipinski definition) is 1. The SMILES string of the molecule is CC(=O)NC(C(=O)N(C)Cc1ccc(Br)cc1)C1CCCC1. The highest BCUT2D eigenvalue weighted by atomic mass is 79.9. The third kappa shape index (κ3) is 4.57. The molecule has 4 nitrogen and oxygen atoms in total. The molecule has 1 fully saturated rings. The molecule has 0 heterocycles. The molecule has 1 aliphatic carbocycles. The number of benzene rings is 1. The average molecular weight is 367 g/mol. The second kappa shape index (κ2) is 7.77. The van der Waals surface area contributed by atoms with Crippen LogP contribution in [0, 0.1) is 5.92 Å². The van der Waals surface area contributed by atoms with E-state index in [9.17, 15) is 9.59 Å². The molecular formula is C17H23BrN2O2. The highest BCUT2D eigenvalue weighted by Gasteiger charge is 2.33. The molecule has 5 heteroatoms. The van der Waals surface area contributed by atoms with Crippen LogP contribution in [0.3, 0.4) is 0 Å². The number of nitrogens with zero attached hydrogens (tertiary/aromatic N) is 1. The maximum Gasteiger partial charge on any atom is 0.245 e. The van der Waals surface area contributed by atoms with Crippen molar-refractivity contribution in [3.63, 3.8) is 0 Å². The number of hydrogen-bond acceptors (Lipinski definition) is 2. The van der Waals surface area contributed by atoms with E-state index in [1.807, 2.05) is 24.3 Å². The van der Waals surface area contributed by atoms with E-state index in [-0.39, 0.29) is 23.8 Å². The van der Waals surface area contributed by atoms with E-state index in [2.05, 4.69) is 21.2 Å². The standard InChI is InChI=1S/C17H23BrN2O2/c1-12(21)19-16(14-5-3-4-6-14)17(22)20(2)11-13-7-9-15(18)10-8-13/h7-10,14,16H,3-6,11H2,1-2H3,(H,19,21). The molecule has 2 rings (SSSR count). The number of amides is 2. The zero-order valence-corrected chi connectivity index (χ0v) is 14.7. The first-order chi connectivity index (χ1) is 10.5. The predicted molar refractivity (Wildman–Crippen MR) is 90.2 cm³/mol. The Balaban J connectivity index is 2.04. The second-order valence-electron chi connectivity index (χ2n) is 6.04. The largest absolute Gasteiger partial charge is 0.344 e. The van der Waals surface area contributed by atoms with Crippen molar-refractivity contribution in [3.8, 4) is 0 Å². The van der Waals surface area contributed by atoms with E-state index in [1.54, 1.807) is 11.9 Å². The van der Waals surface area contributed by atoms with Crippen LogP contribution in [0.2, 0.25) is 0 Å². The Labute approximate surface area is 140 Å². The van der Waals surface area contributed by atoms with Crippen LogP contribution in [0.4, 0.5) is 0 Å². The Hall–Kier alpha value is -1.36. The van der Waals surface area contributed by atoms with Gasteiger partial charge in [0.05, 0.1) is 0 Å². The van der Waals surface area contributed by atoms with Crippen molar-refractivity contribution in [3.05, 3.63) is 34.3 Å². The molecule has 2 amide bonds. The molecule has 1 N–H and O–H groups in total. The monoisotopic (exact) mass is 366 g/mol. The van der Waals surface area contributed by atoms with Crippen LogP contribution in [0.15, 0.2) is 28.7 Å². The number of rotatable bonds is 5. The lowest BCUT2D eigenvalue weighted by molar-refractivity contribution is -0.137. The summed E-state index contributed by atoms with van der Waals surface area (Å²) in [6, 6.07) is 7.54. The van der Waals surface area contributed by atoms with Gasteiger partial charge in [-0.25, -0.2) is 0 Å². The summed E-state index contributed by atoms with van der Waals surface area (Å²) in [6.45, 7) is 2.03. The fourth-order valence-electron chi connectivity index (χ4n) is 3.07. The fraction of sp³-hybridized carbons (Fsp3) is 0.529. The molecular weight excluding hydrogens is 344 g/mol. The van der Waals surface area contributed by atoms with Crippen LogP contribution < -0.4 is 5.32 Å². The van der Waals surface area contributed by atoms with Gasteiger partial charge in [-0.05, 0) is 36.5 Å². The Kier molecular flexibility index (Phi) is 6.00. The van der Waals surface area contributed by atoms with Crippen LogP contribution in [-0.2, 0) is 16.1 Å². The molecule has 0 aliphatic heterocycles. The Morgan fingerprint density at radius 2 is 1.86 bits per heavy atom. The van der Waals surface area contributed by atoms with E-state index < -0.39 is 0 Å². The fourth-order valence-corrected chi connectivity index (χ4v) is 3.33. The average Bonchev–Trinajstić information content (AvgIpc) is 3.00. The first kappa shape index (κ1) is 17.0. The molecule has 1 saturated carbocycles. The van der Waals surface area contributed by atoms with E-state index >= 15 is 0 Å². The normalized spacial score (nSPS) is 16.3. The molecule has 1 aliphatic rings. The van der Waals surface area contributed by atoms with Crippen molar-refractivity contribution in [2.24, 2.45) is 5.92 Å². The molecule has 120 valence electrons. The summed E-state index contributed by atoms with van der Waals surface area (Å²) in [5, 5.41) is 2.86. The first-order valence-electron chi connectivity index (χ1n) is 7.74. The summed E-state index contributed by atoms with van der Waals surface area (Å²) < 4.78 is 1.02. The maximum absolute atomic E-state index is 12.7.